The van der Waals surface area contributed by atoms with Gasteiger partial charge in [-0.3, -0.25) is 9.36 Å². The Labute approximate surface area is 213 Å². The lowest BCUT2D eigenvalue weighted by Gasteiger charge is -2.11. The fourth-order valence-corrected chi connectivity index (χ4v) is 4.16. The number of halogens is 1. The largest absolute Gasteiger partial charge is 0.497 e. The van der Waals surface area contributed by atoms with Gasteiger partial charge in [0.15, 0.2) is 11.0 Å². The molecular formula is C26H24ClN5O2S. The molecule has 35 heavy (non-hydrogen) atoms. The zero-order chi connectivity index (χ0) is 24.6. The lowest BCUT2D eigenvalue weighted by Crippen LogP contribution is -2.20. The molecule has 0 bridgehead atoms. The van der Waals surface area contributed by atoms with Gasteiger partial charge in [0.1, 0.15) is 5.75 Å². The summed E-state index contributed by atoms with van der Waals surface area (Å²) >= 11 is 7.36. The lowest BCUT2D eigenvalue weighted by atomic mass is 10.1. The molecule has 178 valence electrons. The first-order valence-electron chi connectivity index (χ1n) is 11.0. The van der Waals surface area contributed by atoms with Crippen molar-refractivity contribution >= 4 is 35.5 Å². The van der Waals surface area contributed by atoms with Crippen LogP contribution in [-0.4, -0.2) is 39.7 Å². The summed E-state index contributed by atoms with van der Waals surface area (Å²) in [6.45, 7) is 2.11. The van der Waals surface area contributed by atoms with Crippen molar-refractivity contribution in [2.24, 2.45) is 5.10 Å². The maximum absolute atomic E-state index is 12.4. The van der Waals surface area contributed by atoms with Crippen LogP contribution in [0.25, 0.3) is 17.1 Å². The Balaban J connectivity index is 1.49. The highest BCUT2D eigenvalue weighted by Gasteiger charge is 2.17. The molecule has 0 unspecified atom stereocenters. The van der Waals surface area contributed by atoms with Gasteiger partial charge < -0.3 is 4.74 Å². The van der Waals surface area contributed by atoms with E-state index in [2.05, 4.69) is 27.6 Å². The van der Waals surface area contributed by atoms with Gasteiger partial charge in [0.25, 0.3) is 5.91 Å². The van der Waals surface area contributed by atoms with E-state index in [0.29, 0.717) is 16.0 Å². The Morgan fingerprint density at radius 2 is 1.77 bits per heavy atom. The zero-order valence-electron chi connectivity index (χ0n) is 19.3. The number of benzene rings is 3. The van der Waals surface area contributed by atoms with Gasteiger partial charge in [0, 0.05) is 16.3 Å². The highest BCUT2D eigenvalue weighted by atomic mass is 35.5. The molecule has 0 aliphatic rings. The van der Waals surface area contributed by atoms with E-state index in [1.165, 1.54) is 17.3 Å². The van der Waals surface area contributed by atoms with Gasteiger partial charge in [-0.2, -0.15) is 5.10 Å². The van der Waals surface area contributed by atoms with Gasteiger partial charge in [0.05, 0.1) is 19.1 Å². The standard InChI is InChI=1S/C26H24ClN5O2S/c1-3-18-4-6-19(7-5-18)16-28-29-24(33)17-35-26-31-30-25(20-8-14-23(34-2)15-9-20)32(26)22-12-10-21(27)11-13-22/h4-16H,3,17H2,1-2H3,(H,29,33). The Kier molecular flexibility index (Phi) is 8.18. The highest BCUT2D eigenvalue weighted by molar-refractivity contribution is 7.99. The second-order valence-electron chi connectivity index (χ2n) is 7.52. The molecule has 0 atom stereocenters. The third kappa shape index (κ3) is 6.29. The number of nitrogens with one attached hydrogen (secondary N) is 1. The van der Waals surface area contributed by atoms with Crippen LogP contribution in [0.3, 0.4) is 0 Å². The van der Waals surface area contributed by atoms with E-state index in [1.807, 2.05) is 65.2 Å². The summed E-state index contributed by atoms with van der Waals surface area (Å²) < 4.78 is 7.15. The first-order chi connectivity index (χ1) is 17.1. The smallest absolute Gasteiger partial charge is 0.250 e. The normalized spacial score (nSPS) is 11.1. The number of aryl methyl sites for hydroxylation is 1. The lowest BCUT2D eigenvalue weighted by molar-refractivity contribution is -0.118. The number of hydrazone groups is 1. The molecule has 0 aliphatic heterocycles. The molecule has 1 N–H and O–H groups in total. The molecule has 1 heterocycles. The minimum Gasteiger partial charge on any atom is -0.497 e. The molecule has 0 radical (unpaired) electrons. The zero-order valence-corrected chi connectivity index (χ0v) is 20.9. The molecule has 4 rings (SSSR count). The summed E-state index contributed by atoms with van der Waals surface area (Å²) in [4.78, 5) is 12.4. The third-order valence-corrected chi connectivity index (χ3v) is 6.37. The summed E-state index contributed by atoms with van der Waals surface area (Å²) in [5.41, 5.74) is 6.44. The van der Waals surface area contributed by atoms with Crippen LogP contribution in [0.5, 0.6) is 5.75 Å². The molecule has 0 aliphatic carbocycles. The fourth-order valence-electron chi connectivity index (χ4n) is 3.29. The number of ether oxygens (including phenoxy) is 1. The summed E-state index contributed by atoms with van der Waals surface area (Å²) in [7, 11) is 1.62. The van der Waals surface area contributed by atoms with Gasteiger partial charge in [-0.25, -0.2) is 5.43 Å². The van der Waals surface area contributed by atoms with Crippen molar-refractivity contribution in [3.63, 3.8) is 0 Å². The Hall–Kier alpha value is -3.62. The Bertz CT molecular complexity index is 1300. The van der Waals surface area contributed by atoms with Gasteiger partial charge in [-0.15, -0.1) is 10.2 Å². The van der Waals surface area contributed by atoms with Crippen LogP contribution in [0.1, 0.15) is 18.1 Å². The van der Waals surface area contributed by atoms with Gasteiger partial charge >= 0.3 is 0 Å². The first kappa shape index (κ1) is 24.5. The van der Waals surface area contributed by atoms with Crippen LogP contribution < -0.4 is 10.2 Å². The number of aromatic nitrogens is 3. The molecule has 7 nitrogen and oxygen atoms in total. The number of rotatable bonds is 9. The van der Waals surface area contributed by atoms with Crippen LogP contribution in [0, 0.1) is 0 Å². The number of amides is 1. The molecule has 0 spiro atoms. The number of carbonyl (C=O) groups is 1. The van der Waals surface area contributed by atoms with Crippen LogP contribution in [0.15, 0.2) is 83.1 Å². The van der Waals surface area contributed by atoms with E-state index >= 15 is 0 Å². The summed E-state index contributed by atoms with van der Waals surface area (Å²) in [6, 6.07) is 23.0. The molecule has 0 saturated carbocycles. The van der Waals surface area contributed by atoms with Crippen molar-refractivity contribution in [3.05, 3.63) is 88.9 Å². The van der Waals surface area contributed by atoms with Crippen LogP contribution >= 0.6 is 23.4 Å². The molecule has 1 amide bonds. The minimum absolute atomic E-state index is 0.125. The van der Waals surface area contributed by atoms with Crippen LogP contribution in [0.2, 0.25) is 5.02 Å². The predicted molar refractivity (Wildman–Crippen MR) is 141 cm³/mol. The van der Waals surface area contributed by atoms with Gasteiger partial charge in [0.2, 0.25) is 0 Å². The summed E-state index contributed by atoms with van der Waals surface area (Å²) in [6.07, 6.45) is 2.60. The average Bonchev–Trinajstić information content (AvgIpc) is 3.32. The van der Waals surface area contributed by atoms with E-state index in [4.69, 9.17) is 16.3 Å². The third-order valence-electron chi connectivity index (χ3n) is 5.19. The SMILES string of the molecule is CCc1ccc(C=NNC(=O)CSc2nnc(-c3ccc(OC)cc3)n2-c2ccc(Cl)cc2)cc1. The van der Waals surface area contributed by atoms with E-state index in [9.17, 15) is 4.79 Å². The average molecular weight is 506 g/mol. The van der Waals surface area contributed by atoms with Crippen LogP contribution in [0.4, 0.5) is 0 Å². The second-order valence-corrected chi connectivity index (χ2v) is 8.90. The molecule has 4 aromatic rings. The molecule has 0 fully saturated rings. The van der Waals surface area contributed by atoms with Gasteiger partial charge in [-0.1, -0.05) is 54.6 Å². The van der Waals surface area contributed by atoms with Crippen molar-refractivity contribution in [1.29, 1.82) is 0 Å². The first-order valence-corrected chi connectivity index (χ1v) is 12.3. The fraction of sp³-hybridized carbons (Fsp3) is 0.154. The number of thioether (sulfide) groups is 1. The monoisotopic (exact) mass is 505 g/mol. The van der Waals surface area contributed by atoms with E-state index in [0.717, 1.165) is 29.0 Å². The van der Waals surface area contributed by atoms with Crippen molar-refractivity contribution in [1.82, 2.24) is 20.2 Å². The van der Waals surface area contributed by atoms with Crippen LogP contribution in [-0.2, 0) is 11.2 Å². The predicted octanol–water partition coefficient (Wildman–Crippen LogP) is 5.40. The van der Waals surface area contributed by atoms with Gasteiger partial charge in [-0.05, 0) is 66.1 Å². The summed E-state index contributed by atoms with van der Waals surface area (Å²) in [5.74, 6) is 1.28. The van der Waals surface area contributed by atoms with E-state index in [-0.39, 0.29) is 11.7 Å². The molecule has 0 saturated heterocycles. The number of nitrogens with zero attached hydrogens (tertiary/aromatic N) is 4. The highest BCUT2D eigenvalue weighted by Crippen LogP contribution is 2.29. The molecular weight excluding hydrogens is 482 g/mol. The van der Waals surface area contributed by atoms with Crippen molar-refractivity contribution in [2.45, 2.75) is 18.5 Å². The Morgan fingerprint density at radius 1 is 1.06 bits per heavy atom. The maximum atomic E-state index is 12.4. The van der Waals surface area contributed by atoms with Crippen molar-refractivity contribution in [2.75, 3.05) is 12.9 Å². The number of hydrogen-bond acceptors (Lipinski definition) is 6. The van der Waals surface area contributed by atoms with E-state index in [1.54, 1.807) is 25.5 Å². The number of hydrogen-bond donors (Lipinski definition) is 1. The minimum atomic E-state index is -0.243. The number of carbonyl (C=O) groups excluding carboxylic acids is 1. The molecule has 1 aromatic heterocycles. The Morgan fingerprint density at radius 3 is 2.43 bits per heavy atom. The van der Waals surface area contributed by atoms with Crippen molar-refractivity contribution < 1.29 is 9.53 Å². The maximum Gasteiger partial charge on any atom is 0.250 e. The van der Waals surface area contributed by atoms with E-state index < -0.39 is 0 Å². The second kappa shape index (κ2) is 11.7. The molecule has 3 aromatic carbocycles. The topological polar surface area (TPSA) is 81.4 Å². The summed E-state index contributed by atoms with van der Waals surface area (Å²) in [5, 5.41) is 14.0. The molecule has 9 heteroatoms. The quantitative estimate of drug-likeness (QED) is 0.187. The van der Waals surface area contributed by atoms with Crippen molar-refractivity contribution in [3.8, 4) is 22.8 Å². The number of methoxy groups -OCH3 is 1.